The molecule has 0 radical (unpaired) electrons. The van der Waals surface area contributed by atoms with Gasteiger partial charge in [0.1, 0.15) is 24.1 Å². The Morgan fingerprint density at radius 3 is 2.52 bits per heavy atom. The van der Waals surface area contributed by atoms with E-state index in [4.69, 9.17) is 4.74 Å². The van der Waals surface area contributed by atoms with Crippen LogP contribution in [0, 0.1) is 11.9 Å². The number of aliphatic hydroxyl groups excluding tert-OH is 2. The molecule has 2 aromatic rings. The van der Waals surface area contributed by atoms with Gasteiger partial charge in [-0.3, -0.25) is 0 Å². The molecule has 1 aromatic carbocycles. The number of hydrogen-bond acceptors (Lipinski definition) is 5. The number of halogens is 1. The maximum absolute atomic E-state index is 13.2. The summed E-state index contributed by atoms with van der Waals surface area (Å²) < 4.78 is 19.0. The number of nitrogens with one attached hydrogen (secondary N) is 1. The number of rotatable bonds is 5. The fraction of sp³-hybridized carbons (Fsp3) is 0.476. The van der Waals surface area contributed by atoms with Gasteiger partial charge in [0.15, 0.2) is 0 Å². The second kappa shape index (κ2) is 7.92. The highest BCUT2D eigenvalue weighted by Gasteiger charge is 2.39. The predicted octanol–water partition coefficient (Wildman–Crippen LogP) is 2.84. The fourth-order valence-electron chi connectivity index (χ4n) is 3.79. The zero-order valence-corrected chi connectivity index (χ0v) is 15.1. The van der Waals surface area contributed by atoms with Crippen LogP contribution in [0.2, 0.25) is 0 Å². The van der Waals surface area contributed by atoms with Gasteiger partial charge >= 0.3 is 0 Å². The number of pyridine rings is 1. The molecule has 0 unspecified atom stereocenters. The van der Waals surface area contributed by atoms with E-state index in [9.17, 15) is 14.6 Å². The molecule has 0 amide bonds. The lowest BCUT2D eigenvalue weighted by molar-refractivity contribution is -0.142. The average molecular weight is 372 g/mol. The first-order valence-corrected chi connectivity index (χ1v) is 9.56. The molecule has 1 aliphatic heterocycles. The number of ether oxygens (including phenoxy) is 1. The number of hydrogen-bond donors (Lipinski definition) is 3. The van der Waals surface area contributed by atoms with E-state index in [1.54, 1.807) is 6.07 Å². The van der Waals surface area contributed by atoms with Crippen molar-refractivity contribution in [1.29, 1.82) is 0 Å². The first kappa shape index (κ1) is 18.3. The van der Waals surface area contributed by atoms with Crippen LogP contribution in [-0.4, -0.2) is 40.1 Å². The highest BCUT2D eigenvalue weighted by Crippen LogP contribution is 2.32. The van der Waals surface area contributed by atoms with E-state index in [0.717, 1.165) is 17.9 Å². The van der Waals surface area contributed by atoms with Gasteiger partial charge in [-0.2, -0.15) is 4.39 Å². The molecule has 2 fully saturated rings. The largest absolute Gasteiger partial charge is 0.388 e. The Morgan fingerprint density at radius 2 is 1.85 bits per heavy atom. The number of aromatic nitrogens is 1. The van der Waals surface area contributed by atoms with E-state index in [0.29, 0.717) is 5.82 Å². The van der Waals surface area contributed by atoms with Gasteiger partial charge in [-0.1, -0.05) is 49.6 Å². The Labute approximate surface area is 158 Å². The molecule has 4 rings (SSSR count). The third-order valence-electron chi connectivity index (χ3n) is 5.63. The lowest BCUT2D eigenvalue weighted by atomic mass is 9.81. The van der Waals surface area contributed by atoms with Crippen LogP contribution in [0.4, 0.5) is 10.2 Å². The molecular formula is C21H25FN2O3. The van der Waals surface area contributed by atoms with Crippen molar-refractivity contribution in [3.05, 3.63) is 59.5 Å². The van der Waals surface area contributed by atoms with Crippen molar-refractivity contribution in [2.24, 2.45) is 5.92 Å². The Balaban J connectivity index is 1.39. The first-order chi connectivity index (χ1) is 13.1. The Kier molecular flexibility index (Phi) is 5.38. The van der Waals surface area contributed by atoms with E-state index in [1.165, 1.54) is 37.0 Å². The van der Waals surface area contributed by atoms with Crippen molar-refractivity contribution in [1.82, 2.24) is 4.98 Å². The Bertz CT molecular complexity index is 766. The monoisotopic (exact) mass is 372 g/mol. The van der Waals surface area contributed by atoms with Crippen LogP contribution in [0.15, 0.2) is 42.5 Å². The highest BCUT2D eigenvalue weighted by molar-refractivity contribution is 5.36. The summed E-state index contributed by atoms with van der Waals surface area (Å²) in [7, 11) is 0. The molecule has 1 saturated heterocycles. The summed E-state index contributed by atoms with van der Waals surface area (Å²) in [6.07, 6.45) is 2.34. The molecule has 2 aliphatic rings. The second-order valence-electron chi connectivity index (χ2n) is 7.57. The number of aliphatic hydroxyl groups is 2. The van der Waals surface area contributed by atoms with Crippen molar-refractivity contribution < 1.29 is 19.3 Å². The molecule has 1 aromatic heterocycles. The van der Waals surface area contributed by atoms with E-state index < -0.39 is 30.3 Å². The quantitative estimate of drug-likeness (QED) is 0.704. The summed E-state index contributed by atoms with van der Waals surface area (Å²) in [5, 5.41) is 24.0. The zero-order valence-electron chi connectivity index (χ0n) is 15.1. The molecule has 1 aliphatic carbocycles. The average Bonchev–Trinajstić information content (AvgIpc) is 2.63. The Hall–Kier alpha value is -2.02. The van der Waals surface area contributed by atoms with Gasteiger partial charge in [-0.05, 0) is 35.6 Å². The van der Waals surface area contributed by atoms with Crippen LogP contribution in [0.25, 0.3) is 0 Å². The molecule has 144 valence electrons. The first-order valence-electron chi connectivity index (χ1n) is 9.56. The summed E-state index contributed by atoms with van der Waals surface area (Å²) in [4.78, 5) is 3.72. The normalized spacial score (nSPS) is 28.6. The predicted molar refractivity (Wildman–Crippen MR) is 99.8 cm³/mol. The molecular weight excluding hydrogens is 347 g/mol. The molecule has 1 saturated carbocycles. The lowest BCUT2D eigenvalue weighted by Gasteiger charge is -2.38. The molecule has 5 nitrogen and oxygen atoms in total. The van der Waals surface area contributed by atoms with E-state index in [-0.39, 0.29) is 6.61 Å². The van der Waals surface area contributed by atoms with Gasteiger partial charge in [-0.25, -0.2) is 4.98 Å². The van der Waals surface area contributed by atoms with Gasteiger partial charge < -0.3 is 20.3 Å². The minimum absolute atomic E-state index is 0.185. The van der Waals surface area contributed by atoms with Crippen molar-refractivity contribution in [3.8, 4) is 0 Å². The third kappa shape index (κ3) is 4.13. The smallest absolute Gasteiger partial charge is 0.214 e. The summed E-state index contributed by atoms with van der Waals surface area (Å²) >= 11 is 0. The third-order valence-corrected chi connectivity index (χ3v) is 5.63. The van der Waals surface area contributed by atoms with Crippen LogP contribution in [0.3, 0.4) is 0 Å². The molecule has 27 heavy (non-hydrogen) atoms. The van der Waals surface area contributed by atoms with Crippen LogP contribution >= 0.6 is 0 Å². The Morgan fingerprint density at radius 1 is 1.07 bits per heavy atom. The summed E-state index contributed by atoms with van der Waals surface area (Å²) in [6, 6.07) is 11.9. The van der Waals surface area contributed by atoms with E-state index >= 15 is 0 Å². The highest BCUT2D eigenvalue weighted by atomic mass is 19.1. The van der Waals surface area contributed by atoms with E-state index in [1.807, 2.05) is 12.1 Å². The van der Waals surface area contributed by atoms with E-state index in [2.05, 4.69) is 22.4 Å². The van der Waals surface area contributed by atoms with Crippen molar-refractivity contribution >= 4 is 5.82 Å². The van der Waals surface area contributed by atoms with Crippen molar-refractivity contribution in [3.63, 3.8) is 0 Å². The molecule has 0 spiro atoms. The SMILES string of the molecule is O[C@@H]1[C@H](O)[C@H](Nc2cccc(F)n2)CO[C@@H]1c1ccc(CC2CCC2)cc1. The maximum Gasteiger partial charge on any atom is 0.214 e. The fourth-order valence-corrected chi connectivity index (χ4v) is 3.79. The minimum Gasteiger partial charge on any atom is -0.388 e. The topological polar surface area (TPSA) is 74.6 Å². The molecule has 3 N–H and O–H groups in total. The van der Waals surface area contributed by atoms with Gasteiger partial charge in [0.2, 0.25) is 5.95 Å². The molecule has 6 heteroatoms. The van der Waals surface area contributed by atoms with Gasteiger partial charge in [0, 0.05) is 0 Å². The second-order valence-corrected chi connectivity index (χ2v) is 7.57. The molecule has 0 bridgehead atoms. The summed E-state index contributed by atoms with van der Waals surface area (Å²) in [5.41, 5.74) is 2.15. The maximum atomic E-state index is 13.2. The van der Waals surface area contributed by atoms with Crippen LogP contribution < -0.4 is 5.32 Å². The molecule has 4 atom stereocenters. The zero-order chi connectivity index (χ0) is 18.8. The molecule has 2 heterocycles. The number of anilines is 1. The van der Waals surface area contributed by atoms with Crippen molar-refractivity contribution in [2.75, 3.05) is 11.9 Å². The summed E-state index contributed by atoms with van der Waals surface area (Å²) in [5.74, 6) is 0.498. The van der Waals surface area contributed by atoms with Gasteiger partial charge in [-0.15, -0.1) is 0 Å². The van der Waals surface area contributed by atoms with Gasteiger partial charge in [0.25, 0.3) is 0 Å². The van der Waals surface area contributed by atoms with Crippen molar-refractivity contribution in [2.45, 2.75) is 50.0 Å². The number of benzene rings is 1. The lowest BCUT2D eigenvalue weighted by Crippen LogP contribution is -2.52. The standard InChI is InChI=1S/C21H25FN2O3/c22-17-5-2-6-18(24-17)23-16-12-27-21(20(26)19(16)25)15-9-7-14(8-10-15)11-13-3-1-4-13/h2,5-10,13,16,19-21,25-26H,1,3-4,11-12H2,(H,23,24)/t16-,19-,20-,21-/m1/s1. The van der Waals surface area contributed by atoms with Crippen LogP contribution in [0.5, 0.6) is 0 Å². The number of nitrogens with zero attached hydrogens (tertiary/aromatic N) is 1. The van der Waals surface area contributed by atoms with Gasteiger partial charge in [0.05, 0.1) is 12.6 Å². The van der Waals surface area contributed by atoms with Crippen LogP contribution in [-0.2, 0) is 11.2 Å². The minimum atomic E-state index is -1.08. The summed E-state index contributed by atoms with van der Waals surface area (Å²) in [6.45, 7) is 0.185. The van der Waals surface area contributed by atoms with Crippen LogP contribution in [0.1, 0.15) is 36.5 Å².